The highest BCUT2D eigenvalue weighted by molar-refractivity contribution is 5.73. The Morgan fingerprint density at radius 1 is 1.33 bits per heavy atom. The van der Waals surface area contributed by atoms with Gasteiger partial charge in [-0.1, -0.05) is 13.8 Å². The van der Waals surface area contributed by atoms with E-state index >= 15 is 0 Å². The number of amides is 1. The maximum absolute atomic E-state index is 12.1. The minimum absolute atomic E-state index is 0.121. The first-order valence-electron chi connectivity index (χ1n) is 6.87. The van der Waals surface area contributed by atoms with Crippen molar-refractivity contribution in [3.05, 3.63) is 20.8 Å². The Morgan fingerprint density at radius 3 is 2.48 bits per heavy atom. The first kappa shape index (κ1) is 16.8. The molecule has 0 atom stereocenters. The summed E-state index contributed by atoms with van der Waals surface area (Å²) < 4.78 is 2.40. The molecule has 1 aromatic rings. The van der Waals surface area contributed by atoms with Crippen LogP contribution in [0.1, 0.15) is 26.7 Å². The molecule has 0 unspecified atom stereocenters. The Kier molecular flexibility index (Phi) is 5.57. The Balaban J connectivity index is 3.08. The predicted octanol–water partition coefficient (Wildman–Crippen LogP) is -0.537. The van der Waals surface area contributed by atoms with Gasteiger partial charge in [0.15, 0.2) is 0 Å². The first-order valence-corrected chi connectivity index (χ1v) is 6.87. The lowest BCUT2D eigenvalue weighted by Crippen LogP contribution is -2.41. The van der Waals surface area contributed by atoms with E-state index in [-0.39, 0.29) is 23.8 Å². The quantitative estimate of drug-likeness (QED) is 0.583. The van der Waals surface area contributed by atoms with Gasteiger partial charge in [-0.25, -0.2) is 4.79 Å². The van der Waals surface area contributed by atoms with Crippen molar-refractivity contribution in [1.82, 2.24) is 9.13 Å². The molecule has 0 aliphatic carbocycles. The largest absolute Gasteiger partial charge is 0.383 e. The van der Waals surface area contributed by atoms with Gasteiger partial charge >= 0.3 is 5.69 Å². The molecule has 1 heterocycles. The van der Waals surface area contributed by atoms with Crippen LogP contribution >= 0.6 is 0 Å². The molecule has 21 heavy (non-hydrogen) atoms. The zero-order valence-corrected chi connectivity index (χ0v) is 12.7. The normalized spacial score (nSPS) is 10.9. The molecule has 8 heteroatoms. The monoisotopic (exact) mass is 297 g/mol. The number of anilines is 2. The number of nitrogen functional groups attached to an aromatic ring is 1. The average molecular weight is 297 g/mol. The molecule has 0 aliphatic rings. The maximum atomic E-state index is 12.1. The van der Waals surface area contributed by atoms with Crippen LogP contribution in [0.5, 0.6) is 0 Å². The van der Waals surface area contributed by atoms with Gasteiger partial charge in [0.1, 0.15) is 11.5 Å². The van der Waals surface area contributed by atoms with Crippen LogP contribution in [0.4, 0.5) is 11.5 Å². The summed E-state index contributed by atoms with van der Waals surface area (Å²) in [6.45, 7) is 4.71. The van der Waals surface area contributed by atoms with Gasteiger partial charge in [-0.05, 0) is 12.3 Å². The Hall–Kier alpha value is -2.25. The predicted molar refractivity (Wildman–Crippen MR) is 82.1 cm³/mol. The number of hydrogen-bond acceptors (Lipinski definition) is 5. The summed E-state index contributed by atoms with van der Waals surface area (Å²) in [5, 5.41) is 2.89. The molecule has 0 spiro atoms. The van der Waals surface area contributed by atoms with E-state index in [2.05, 4.69) is 5.32 Å². The number of nitrogens with two attached hydrogens (primary N) is 2. The molecule has 0 radical (unpaired) electrons. The Bertz CT molecular complexity index is 630. The summed E-state index contributed by atoms with van der Waals surface area (Å²) in [5.41, 5.74) is 10.3. The van der Waals surface area contributed by atoms with Crippen LogP contribution in [0.3, 0.4) is 0 Å². The molecular weight excluding hydrogens is 274 g/mol. The van der Waals surface area contributed by atoms with Gasteiger partial charge in [0, 0.05) is 26.6 Å². The highest BCUT2D eigenvalue weighted by atomic mass is 16.2. The van der Waals surface area contributed by atoms with Crippen molar-refractivity contribution in [2.45, 2.75) is 33.2 Å². The van der Waals surface area contributed by atoms with E-state index in [1.807, 2.05) is 13.8 Å². The Morgan fingerprint density at radius 2 is 1.95 bits per heavy atom. The maximum Gasteiger partial charge on any atom is 0.332 e. The first-order chi connectivity index (χ1) is 9.75. The fraction of sp³-hybridized carbons (Fsp3) is 0.615. The smallest absolute Gasteiger partial charge is 0.332 e. The number of hydrogen-bond donors (Lipinski definition) is 3. The number of aromatic nitrogens is 2. The molecule has 0 bridgehead atoms. The van der Waals surface area contributed by atoms with Gasteiger partial charge in [-0.15, -0.1) is 0 Å². The molecular formula is C13H23N5O3. The number of carbonyl (C=O) groups excluding carboxylic acids is 1. The van der Waals surface area contributed by atoms with Crippen LogP contribution in [-0.4, -0.2) is 21.6 Å². The third-order valence-corrected chi connectivity index (χ3v) is 3.03. The van der Waals surface area contributed by atoms with Crippen LogP contribution in [0, 0.1) is 5.92 Å². The van der Waals surface area contributed by atoms with E-state index in [4.69, 9.17) is 11.5 Å². The number of nitrogens with one attached hydrogen (secondary N) is 1. The van der Waals surface area contributed by atoms with E-state index < -0.39 is 17.2 Å². The number of carbonyl (C=O) groups is 1. The van der Waals surface area contributed by atoms with Gasteiger partial charge in [-0.2, -0.15) is 0 Å². The summed E-state index contributed by atoms with van der Waals surface area (Å²) in [5.74, 6) is -0.0662. The molecule has 0 aliphatic heterocycles. The van der Waals surface area contributed by atoms with Crippen molar-refractivity contribution >= 4 is 17.4 Å². The molecule has 118 valence electrons. The van der Waals surface area contributed by atoms with Crippen molar-refractivity contribution in [1.29, 1.82) is 0 Å². The second kappa shape index (κ2) is 6.96. The molecule has 0 saturated heterocycles. The van der Waals surface area contributed by atoms with Crippen LogP contribution in [0.25, 0.3) is 0 Å². The minimum Gasteiger partial charge on any atom is -0.383 e. The fourth-order valence-corrected chi connectivity index (χ4v) is 1.97. The topological polar surface area (TPSA) is 125 Å². The third kappa shape index (κ3) is 4.11. The average Bonchev–Trinajstić information content (AvgIpc) is 2.40. The van der Waals surface area contributed by atoms with Gasteiger partial charge in [-0.3, -0.25) is 18.7 Å². The second-order valence-electron chi connectivity index (χ2n) is 5.41. The zero-order chi connectivity index (χ0) is 16.2. The second-order valence-corrected chi connectivity index (χ2v) is 5.41. The fourth-order valence-electron chi connectivity index (χ4n) is 1.97. The van der Waals surface area contributed by atoms with E-state index in [1.165, 1.54) is 11.6 Å². The van der Waals surface area contributed by atoms with Gasteiger partial charge in [0.05, 0.1) is 0 Å². The lowest BCUT2D eigenvalue weighted by Gasteiger charge is -2.17. The molecule has 0 fully saturated rings. The molecule has 1 aromatic heterocycles. The lowest BCUT2D eigenvalue weighted by atomic mass is 10.2. The summed E-state index contributed by atoms with van der Waals surface area (Å²) in [7, 11) is 1.41. The molecule has 8 nitrogen and oxygen atoms in total. The summed E-state index contributed by atoms with van der Waals surface area (Å²) in [6.07, 6.45) is 0.708. The van der Waals surface area contributed by atoms with Crippen molar-refractivity contribution in [2.24, 2.45) is 18.7 Å². The summed E-state index contributed by atoms with van der Waals surface area (Å²) >= 11 is 0. The van der Waals surface area contributed by atoms with Gasteiger partial charge in [0.25, 0.3) is 5.56 Å². The van der Waals surface area contributed by atoms with E-state index in [9.17, 15) is 14.4 Å². The SMILES string of the molecule is CC(C)Cn1c(N)c(NCCCC(N)=O)c(=O)n(C)c1=O. The minimum atomic E-state index is -0.475. The summed E-state index contributed by atoms with van der Waals surface area (Å²) in [4.78, 5) is 34.8. The molecule has 0 saturated carbocycles. The van der Waals surface area contributed by atoms with E-state index in [0.29, 0.717) is 19.5 Å². The zero-order valence-electron chi connectivity index (χ0n) is 12.7. The third-order valence-electron chi connectivity index (χ3n) is 3.03. The number of primary amides is 1. The number of nitrogens with zero attached hydrogens (tertiary/aromatic N) is 2. The lowest BCUT2D eigenvalue weighted by molar-refractivity contribution is -0.118. The van der Waals surface area contributed by atoms with Crippen molar-refractivity contribution in [3.8, 4) is 0 Å². The van der Waals surface area contributed by atoms with Crippen LogP contribution in [0.2, 0.25) is 0 Å². The van der Waals surface area contributed by atoms with Crippen molar-refractivity contribution < 1.29 is 4.79 Å². The standard InChI is InChI=1S/C13H23N5O3/c1-8(2)7-18-11(15)10(12(20)17(3)13(18)21)16-6-4-5-9(14)19/h8,16H,4-7,15H2,1-3H3,(H2,14,19). The van der Waals surface area contributed by atoms with Gasteiger partial charge in [0.2, 0.25) is 5.91 Å². The van der Waals surface area contributed by atoms with Crippen LogP contribution in [-0.2, 0) is 18.4 Å². The van der Waals surface area contributed by atoms with Crippen LogP contribution in [0.15, 0.2) is 9.59 Å². The van der Waals surface area contributed by atoms with E-state index in [1.54, 1.807) is 0 Å². The highest BCUT2D eigenvalue weighted by Gasteiger charge is 2.15. The van der Waals surface area contributed by atoms with Gasteiger partial charge < -0.3 is 16.8 Å². The molecule has 1 amide bonds. The van der Waals surface area contributed by atoms with Crippen molar-refractivity contribution in [2.75, 3.05) is 17.6 Å². The number of rotatable bonds is 7. The molecule has 0 aromatic carbocycles. The molecule has 5 N–H and O–H groups in total. The van der Waals surface area contributed by atoms with Crippen LogP contribution < -0.4 is 28.0 Å². The molecule has 1 rings (SSSR count). The highest BCUT2D eigenvalue weighted by Crippen LogP contribution is 2.12. The van der Waals surface area contributed by atoms with E-state index in [0.717, 1.165) is 4.57 Å². The Labute approximate surface area is 122 Å². The summed E-state index contributed by atoms with van der Waals surface area (Å²) in [6, 6.07) is 0. The van der Waals surface area contributed by atoms with Crippen molar-refractivity contribution in [3.63, 3.8) is 0 Å².